The second-order valence-electron chi connectivity index (χ2n) is 6.24. The second kappa shape index (κ2) is 7.25. The molecule has 1 aliphatic rings. The van der Waals surface area contributed by atoms with Crippen LogP contribution in [-0.2, 0) is 13.1 Å². The number of nitrogens with one attached hydrogen (secondary N) is 1. The van der Waals surface area contributed by atoms with E-state index in [0.717, 1.165) is 26.1 Å². The molecule has 0 fully saturated rings. The highest BCUT2D eigenvalue weighted by atomic mass is 32.1. The van der Waals surface area contributed by atoms with E-state index >= 15 is 0 Å². The lowest BCUT2D eigenvalue weighted by atomic mass is 10.1. The van der Waals surface area contributed by atoms with E-state index in [-0.39, 0.29) is 11.9 Å². The van der Waals surface area contributed by atoms with E-state index in [9.17, 15) is 4.79 Å². The molecule has 3 aromatic heterocycles. The van der Waals surface area contributed by atoms with E-state index in [1.165, 1.54) is 17.5 Å². The lowest BCUT2D eigenvalue weighted by molar-refractivity contribution is 0.0919. The van der Waals surface area contributed by atoms with Crippen molar-refractivity contribution in [3.8, 4) is 0 Å². The maximum atomic E-state index is 12.0. The summed E-state index contributed by atoms with van der Waals surface area (Å²) in [5, 5.41) is 11.7. The Hall–Kier alpha value is -2.38. The minimum atomic E-state index is -0.170. The summed E-state index contributed by atoms with van der Waals surface area (Å²) in [6.45, 7) is 3.38. The van der Waals surface area contributed by atoms with E-state index in [1.807, 2.05) is 6.20 Å². The van der Waals surface area contributed by atoms with Gasteiger partial charge in [-0.1, -0.05) is 0 Å². The zero-order valence-electron chi connectivity index (χ0n) is 13.8. The van der Waals surface area contributed by atoms with Gasteiger partial charge in [0.25, 0.3) is 5.91 Å². The van der Waals surface area contributed by atoms with Gasteiger partial charge in [0.2, 0.25) is 0 Å². The number of aromatic nitrogens is 2. The van der Waals surface area contributed by atoms with E-state index in [2.05, 4.69) is 42.9 Å². The zero-order chi connectivity index (χ0) is 17.1. The van der Waals surface area contributed by atoms with Gasteiger partial charge in [-0.15, -0.1) is 0 Å². The third kappa shape index (κ3) is 3.67. The van der Waals surface area contributed by atoms with Gasteiger partial charge in [0, 0.05) is 32.4 Å². The lowest BCUT2D eigenvalue weighted by Crippen LogP contribution is -2.38. The number of carbonyl (C=O) groups excluding carboxylic acids is 1. The molecule has 3 aromatic rings. The first kappa shape index (κ1) is 16.1. The number of thiophene rings is 1. The third-order valence-corrected chi connectivity index (χ3v) is 5.18. The third-order valence-electron chi connectivity index (χ3n) is 4.45. The highest BCUT2D eigenvalue weighted by Crippen LogP contribution is 2.24. The average molecular weight is 356 g/mol. The van der Waals surface area contributed by atoms with Crippen molar-refractivity contribution in [2.45, 2.75) is 25.6 Å². The van der Waals surface area contributed by atoms with Crippen molar-refractivity contribution in [3.63, 3.8) is 0 Å². The number of fused-ring (bicyclic) bond motifs is 1. The molecule has 25 heavy (non-hydrogen) atoms. The van der Waals surface area contributed by atoms with Crippen molar-refractivity contribution in [3.05, 3.63) is 64.5 Å². The number of hydrogen-bond donors (Lipinski definition) is 1. The Morgan fingerprint density at radius 3 is 3.16 bits per heavy atom. The van der Waals surface area contributed by atoms with Gasteiger partial charge in [0.1, 0.15) is 0 Å². The minimum absolute atomic E-state index is 0.170. The van der Waals surface area contributed by atoms with E-state index in [4.69, 9.17) is 4.42 Å². The molecule has 1 aliphatic heterocycles. The van der Waals surface area contributed by atoms with Crippen LogP contribution in [0.3, 0.4) is 0 Å². The normalized spacial score (nSPS) is 17.4. The van der Waals surface area contributed by atoms with Gasteiger partial charge in [-0.3, -0.25) is 14.4 Å². The summed E-state index contributed by atoms with van der Waals surface area (Å²) in [5.74, 6) is 0.180. The van der Waals surface area contributed by atoms with Crippen molar-refractivity contribution >= 4 is 17.2 Å². The summed E-state index contributed by atoms with van der Waals surface area (Å²) >= 11 is 1.73. The average Bonchev–Trinajstić information content (AvgIpc) is 3.36. The molecule has 0 saturated carbocycles. The van der Waals surface area contributed by atoms with Crippen LogP contribution in [0.1, 0.15) is 34.3 Å². The Morgan fingerprint density at radius 2 is 2.36 bits per heavy atom. The molecule has 6 nitrogen and oxygen atoms in total. The van der Waals surface area contributed by atoms with Gasteiger partial charge in [-0.2, -0.15) is 16.4 Å². The maximum absolute atomic E-state index is 12.0. The molecule has 1 N–H and O–H groups in total. The fourth-order valence-electron chi connectivity index (χ4n) is 3.29. The number of hydrogen-bond acceptors (Lipinski definition) is 5. The van der Waals surface area contributed by atoms with Crippen molar-refractivity contribution in [2.24, 2.45) is 0 Å². The number of furan rings is 1. The van der Waals surface area contributed by atoms with Crippen LogP contribution in [-0.4, -0.2) is 33.7 Å². The van der Waals surface area contributed by atoms with Gasteiger partial charge in [0.15, 0.2) is 5.76 Å². The van der Waals surface area contributed by atoms with Crippen molar-refractivity contribution in [1.29, 1.82) is 0 Å². The van der Waals surface area contributed by atoms with Gasteiger partial charge in [-0.25, -0.2) is 0 Å². The number of amides is 1. The molecular weight excluding hydrogens is 336 g/mol. The van der Waals surface area contributed by atoms with Gasteiger partial charge in [-0.05, 0) is 47.0 Å². The first-order valence-electron chi connectivity index (χ1n) is 8.37. The summed E-state index contributed by atoms with van der Waals surface area (Å²) in [6.07, 6.45) is 4.20. The Balaban J connectivity index is 1.37. The number of rotatable bonds is 6. The smallest absolute Gasteiger partial charge is 0.286 e. The van der Waals surface area contributed by atoms with Gasteiger partial charge in [0.05, 0.1) is 18.0 Å². The summed E-state index contributed by atoms with van der Waals surface area (Å²) in [6, 6.07) is 7.90. The molecule has 130 valence electrons. The molecule has 7 heteroatoms. The molecular formula is C18H20N4O2S. The van der Waals surface area contributed by atoms with Crippen LogP contribution in [0.4, 0.5) is 0 Å². The number of nitrogens with zero attached hydrogens (tertiary/aromatic N) is 3. The Labute approximate surface area is 150 Å². The van der Waals surface area contributed by atoms with E-state index in [1.54, 1.807) is 23.5 Å². The lowest BCUT2D eigenvalue weighted by Gasteiger charge is -2.33. The second-order valence-corrected chi connectivity index (χ2v) is 7.02. The standard InChI is InChI=1S/C18H20N4O2S/c23-18(17-2-1-8-24-17)19-6-3-15-11-21(10-14-5-9-25-13-14)12-16-4-7-20-22(15)16/h1-2,4-5,7-9,13,15H,3,6,10-12H2,(H,19,23). The highest BCUT2D eigenvalue weighted by Gasteiger charge is 2.25. The molecule has 0 aromatic carbocycles. The highest BCUT2D eigenvalue weighted by molar-refractivity contribution is 7.07. The van der Waals surface area contributed by atoms with Crippen LogP contribution in [0.25, 0.3) is 0 Å². The van der Waals surface area contributed by atoms with Crippen molar-refractivity contribution in [2.75, 3.05) is 13.1 Å². The summed E-state index contributed by atoms with van der Waals surface area (Å²) in [7, 11) is 0. The Bertz CT molecular complexity index is 810. The monoisotopic (exact) mass is 356 g/mol. The molecule has 1 atom stereocenters. The summed E-state index contributed by atoms with van der Waals surface area (Å²) in [4.78, 5) is 14.4. The van der Waals surface area contributed by atoms with Crippen LogP contribution in [0.2, 0.25) is 0 Å². The van der Waals surface area contributed by atoms with Gasteiger partial charge < -0.3 is 9.73 Å². The molecule has 4 rings (SSSR count). The van der Waals surface area contributed by atoms with Gasteiger partial charge >= 0.3 is 0 Å². The van der Waals surface area contributed by atoms with Crippen LogP contribution < -0.4 is 5.32 Å². The van der Waals surface area contributed by atoms with Crippen LogP contribution in [0.15, 0.2) is 51.9 Å². The minimum Gasteiger partial charge on any atom is -0.459 e. The van der Waals surface area contributed by atoms with Crippen LogP contribution >= 0.6 is 11.3 Å². The first-order valence-corrected chi connectivity index (χ1v) is 9.31. The SMILES string of the molecule is O=C(NCCC1CN(Cc2ccsc2)Cc2ccnn21)c1ccco1. The first-order chi connectivity index (χ1) is 12.3. The Kier molecular flexibility index (Phi) is 4.67. The summed E-state index contributed by atoms with van der Waals surface area (Å²) < 4.78 is 7.22. The molecule has 0 spiro atoms. The van der Waals surface area contributed by atoms with Crippen molar-refractivity contribution in [1.82, 2.24) is 20.0 Å². The molecule has 4 heterocycles. The quantitative estimate of drug-likeness (QED) is 0.738. The summed E-state index contributed by atoms with van der Waals surface area (Å²) in [5.41, 5.74) is 2.58. The van der Waals surface area contributed by atoms with E-state index in [0.29, 0.717) is 12.3 Å². The maximum Gasteiger partial charge on any atom is 0.286 e. The number of carbonyl (C=O) groups is 1. The fourth-order valence-corrected chi connectivity index (χ4v) is 3.95. The molecule has 0 radical (unpaired) electrons. The molecule has 0 aliphatic carbocycles. The molecule has 0 bridgehead atoms. The predicted molar refractivity (Wildman–Crippen MR) is 95.4 cm³/mol. The predicted octanol–water partition coefficient (Wildman–Crippen LogP) is 2.91. The Morgan fingerprint density at radius 1 is 1.40 bits per heavy atom. The zero-order valence-corrected chi connectivity index (χ0v) is 14.6. The van der Waals surface area contributed by atoms with E-state index < -0.39 is 0 Å². The molecule has 1 unspecified atom stereocenters. The van der Waals surface area contributed by atoms with Crippen molar-refractivity contribution < 1.29 is 9.21 Å². The van der Waals surface area contributed by atoms with Crippen LogP contribution in [0.5, 0.6) is 0 Å². The topological polar surface area (TPSA) is 63.3 Å². The molecule has 1 amide bonds. The molecule has 0 saturated heterocycles. The fraction of sp³-hybridized carbons (Fsp3) is 0.333. The largest absolute Gasteiger partial charge is 0.459 e. The van der Waals surface area contributed by atoms with Crippen LogP contribution in [0, 0.1) is 0 Å².